The summed E-state index contributed by atoms with van der Waals surface area (Å²) in [5.41, 5.74) is 5.28. The number of hydrogen-bond acceptors (Lipinski definition) is 4. The topological polar surface area (TPSA) is 58.3 Å². The number of rotatable bonds is 7. The fourth-order valence-electron chi connectivity index (χ4n) is 6.80. The van der Waals surface area contributed by atoms with E-state index in [0.29, 0.717) is 43.8 Å². The number of nitrogens with zero attached hydrogens (tertiary/aromatic N) is 4. The Bertz CT molecular complexity index is 1850. The van der Waals surface area contributed by atoms with Crippen LogP contribution in [0.4, 0.5) is 4.39 Å². The Morgan fingerprint density at radius 1 is 1.02 bits per heavy atom. The quantitative estimate of drug-likeness (QED) is 0.113. The summed E-state index contributed by atoms with van der Waals surface area (Å²) < 4.78 is 32.7. The van der Waals surface area contributed by atoms with Crippen molar-refractivity contribution in [3.8, 4) is 16.9 Å². The summed E-state index contributed by atoms with van der Waals surface area (Å²) >= 11 is 0. The second-order valence-corrected chi connectivity index (χ2v) is 12.5. The molecule has 2 aromatic heterocycles. The molecule has 1 aliphatic heterocycles. The van der Waals surface area contributed by atoms with E-state index in [1.165, 1.54) is 0 Å². The van der Waals surface area contributed by atoms with Gasteiger partial charge >= 0.3 is 5.97 Å². The standard InChI is InChI=1S/C36H42FN4O3/c1-6-43-36(42)35-27(16-12-22-44-31-17-11-14-25-13-7-8-15-26(25)31)28-18-19-29(37)33-32-24(2)39(3)38-30(32)23-41(4,5)21-10-9-20-40(35)34(28)33/h7-8,11,13-15,17-19H,6,9-10,12,16,20-23H2,1-5H3/q+1. The van der Waals surface area contributed by atoms with E-state index in [-0.39, 0.29) is 18.4 Å². The predicted octanol–water partition coefficient (Wildman–Crippen LogP) is 7.20. The van der Waals surface area contributed by atoms with Crippen molar-refractivity contribution in [3.63, 3.8) is 0 Å². The van der Waals surface area contributed by atoms with Crippen LogP contribution >= 0.6 is 0 Å². The van der Waals surface area contributed by atoms with Crippen molar-refractivity contribution in [2.24, 2.45) is 7.05 Å². The molecule has 0 spiro atoms. The lowest BCUT2D eigenvalue weighted by Gasteiger charge is -2.29. The van der Waals surface area contributed by atoms with Crippen LogP contribution in [0.1, 0.15) is 53.6 Å². The van der Waals surface area contributed by atoms with E-state index in [9.17, 15) is 4.79 Å². The molecule has 1 aliphatic rings. The smallest absolute Gasteiger partial charge is 0.355 e. The molecule has 0 radical (unpaired) electrons. The minimum Gasteiger partial charge on any atom is -0.493 e. The van der Waals surface area contributed by atoms with Crippen molar-refractivity contribution in [1.29, 1.82) is 0 Å². The van der Waals surface area contributed by atoms with Gasteiger partial charge in [-0.15, -0.1) is 0 Å². The lowest BCUT2D eigenvalue weighted by Crippen LogP contribution is -2.39. The second kappa shape index (κ2) is 12.1. The maximum absolute atomic E-state index is 16.2. The van der Waals surface area contributed by atoms with Crippen LogP contribution in [0.2, 0.25) is 0 Å². The second-order valence-electron chi connectivity index (χ2n) is 12.5. The average molecular weight is 598 g/mol. The van der Waals surface area contributed by atoms with E-state index in [0.717, 1.165) is 73.8 Å². The number of carbonyl (C=O) groups excluding carboxylic acids is 1. The molecule has 8 heteroatoms. The molecule has 0 aliphatic carbocycles. The highest BCUT2D eigenvalue weighted by Crippen LogP contribution is 2.41. The number of carbonyl (C=O) groups is 1. The molecule has 0 unspecified atom stereocenters. The molecule has 5 aromatic rings. The van der Waals surface area contributed by atoms with Gasteiger partial charge in [0.25, 0.3) is 0 Å². The first-order valence-electron chi connectivity index (χ1n) is 15.7. The van der Waals surface area contributed by atoms with E-state index in [2.05, 4.69) is 32.3 Å². The largest absolute Gasteiger partial charge is 0.493 e. The highest BCUT2D eigenvalue weighted by Gasteiger charge is 2.32. The summed E-state index contributed by atoms with van der Waals surface area (Å²) in [5.74, 6) is 0.171. The number of benzene rings is 3. The molecule has 0 bridgehead atoms. The zero-order valence-electron chi connectivity index (χ0n) is 26.5. The maximum Gasteiger partial charge on any atom is 0.355 e. The van der Waals surface area contributed by atoms with Gasteiger partial charge in [0.15, 0.2) is 0 Å². The Labute approximate surface area is 258 Å². The van der Waals surface area contributed by atoms with Gasteiger partial charge in [-0.25, -0.2) is 9.18 Å². The molecular weight excluding hydrogens is 555 g/mol. The number of quaternary nitrogens is 1. The molecule has 44 heavy (non-hydrogen) atoms. The van der Waals surface area contributed by atoms with Crippen LogP contribution in [0.25, 0.3) is 32.8 Å². The van der Waals surface area contributed by atoms with Crippen LogP contribution in [0.5, 0.6) is 5.75 Å². The lowest BCUT2D eigenvalue weighted by atomic mass is 9.97. The van der Waals surface area contributed by atoms with Gasteiger partial charge in [0.2, 0.25) is 0 Å². The zero-order chi connectivity index (χ0) is 31.0. The molecule has 230 valence electrons. The van der Waals surface area contributed by atoms with Crippen molar-refractivity contribution < 1.29 is 23.1 Å². The normalized spacial score (nSPS) is 14.8. The summed E-state index contributed by atoms with van der Waals surface area (Å²) in [6, 6.07) is 17.6. The Balaban J connectivity index is 1.46. The Hall–Kier alpha value is -4.17. The minimum atomic E-state index is -0.367. The molecule has 0 saturated carbocycles. The number of aryl methyl sites for hydroxylation is 3. The Morgan fingerprint density at radius 2 is 1.82 bits per heavy atom. The molecule has 0 fully saturated rings. The number of fused-ring (bicyclic) bond motifs is 3. The van der Waals surface area contributed by atoms with Crippen molar-refractivity contribution in [1.82, 2.24) is 14.3 Å². The van der Waals surface area contributed by atoms with Crippen molar-refractivity contribution in [3.05, 3.63) is 83.1 Å². The van der Waals surface area contributed by atoms with Crippen LogP contribution in [-0.4, -0.2) is 58.7 Å². The van der Waals surface area contributed by atoms with E-state index >= 15 is 4.39 Å². The van der Waals surface area contributed by atoms with Crippen LogP contribution in [-0.2, 0) is 31.3 Å². The van der Waals surface area contributed by atoms with E-state index < -0.39 is 0 Å². The number of esters is 1. The van der Waals surface area contributed by atoms with Crippen LogP contribution in [0, 0.1) is 12.7 Å². The highest BCUT2D eigenvalue weighted by molar-refractivity contribution is 6.05. The average Bonchev–Trinajstić information content (AvgIpc) is 3.44. The van der Waals surface area contributed by atoms with Gasteiger partial charge in [0.1, 0.15) is 29.5 Å². The lowest BCUT2D eigenvalue weighted by molar-refractivity contribution is -0.904. The van der Waals surface area contributed by atoms with Crippen LogP contribution in [0.15, 0.2) is 54.6 Å². The van der Waals surface area contributed by atoms with Crippen molar-refractivity contribution in [2.75, 3.05) is 33.9 Å². The third-order valence-corrected chi connectivity index (χ3v) is 8.95. The van der Waals surface area contributed by atoms with Gasteiger partial charge in [-0.2, -0.15) is 5.10 Å². The predicted molar refractivity (Wildman–Crippen MR) is 172 cm³/mol. The van der Waals surface area contributed by atoms with Crippen molar-refractivity contribution in [2.45, 2.75) is 52.6 Å². The Kier molecular flexibility index (Phi) is 8.20. The molecule has 7 nitrogen and oxygen atoms in total. The summed E-state index contributed by atoms with van der Waals surface area (Å²) in [7, 11) is 6.31. The van der Waals surface area contributed by atoms with Crippen molar-refractivity contribution >= 4 is 27.6 Å². The first-order chi connectivity index (χ1) is 21.2. The molecule has 0 amide bonds. The molecule has 0 N–H and O–H groups in total. The van der Waals surface area contributed by atoms with Gasteiger partial charge in [-0.1, -0.05) is 36.4 Å². The summed E-state index contributed by atoms with van der Waals surface area (Å²) in [5, 5.41) is 7.97. The Morgan fingerprint density at radius 3 is 2.64 bits per heavy atom. The summed E-state index contributed by atoms with van der Waals surface area (Å²) in [6.07, 6.45) is 3.11. The van der Waals surface area contributed by atoms with Gasteiger partial charge in [-0.3, -0.25) is 4.68 Å². The number of ether oxygens (including phenoxy) is 2. The van der Waals surface area contributed by atoms with E-state index in [1.54, 1.807) is 6.07 Å². The third kappa shape index (κ3) is 5.47. The van der Waals surface area contributed by atoms with Gasteiger partial charge in [-0.05, 0) is 68.7 Å². The molecule has 6 rings (SSSR count). The zero-order valence-corrected chi connectivity index (χ0v) is 26.5. The highest BCUT2D eigenvalue weighted by atomic mass is 19.1. The molecular formula is C36H42FN4O3+. The first-order valence-corrected chi connectivity index (χ1v) is 15.7. The van der Waals surface area contributed by atoms with Crippen LogP contribution in [0.3, 0.4) is 0 Å². The minimum absolute atomic E-state index is 0.267. The summed E-state index contributed by atoms with van der Waals surface area (Å²) in [4.78, 5) is 13.7. The number of hydrogen-bond donors (Lipinski definition) is 0. The monoisotopic (exact) mass is 597 g/mol. The molecule has 3 aromatic carbocycles. The third-order valence-electron chi connectivity index (χ3n) is 8.95. The number of aromatic nitrogens is 3. The number of halogens is 1. The maximum atomic E-state index is 16.2. The first kappa shape index (κ1) is 29.9. The molecule has 3 heterocycles. The van der Waals surface area contributed by atoms with E-state index in [1.807, 2.05) is 60.5 Å². The fourth-order valence-corrected chi connectivity index (χ4v) is 6.80. The van der Waals surface area contributed by atoms with Crippen LogP contribution < -0.4 is 4.74 Å². The van der Waals surface area contributed by atoms with Gasteiger partial charge in [0, 0.05) is 41.2 Å². The molecule has 0 atom stereocenters. The molecule has 0 saturated heterocycles. The van der Waals surface area contributed by atoms with Gasteiger partial charge in [0.05, 0.1) is 39.4 Å². The summed E-state index contributed by atoms with van der Waals surface area (Å²) in [6.45, 7) is 6.80. The SMILES string of the molecule is CCOC(=O)c1c(CCCOc2cccc3ccccc23)c2ccc(F)c3c2n1CCCC[N+](C)(C)Cc1nn(C)c(C)c1-3. The van der Waals surface area contributed by atoms with E-state index in [4.69, 9.17) is 14.6 Å². The fraction of sp³-hybridized carbons (Fsp3) is 0.389. The van der Waals surface area contributed by atoms with Gasteiger partial charge < -0.3 is 18.5 Å².